The summed E-state index contributed by atoms with van der Waals surface area (Å²) in [7, 11) is -0.585. The van der Waals surface area contributed by atoms with Gasteiger partial charge in [0.15, 0.2) is 0 Å². The Morgan fingerprint density at radius 3 is 1.76 bits per heavy atom. The van der Waals surface area contributed by atoms with Gasteiger partial charge in [-0.05, 0) is 60.6 Å². The average molecular weight is 369 g/mol. The summed E-state index contributed by atoms with van der Waals surface area (Å²) in [5, 5.41) is 8.61. The van der Waals surface area contributed by atoms with Gasteiger partial charge in [-0.2, -0.15) is 0 Å². The van der Waals surface area contributed by atoms with E-state index in [1.54, 1.807) is 0 Å². The lowest BCUT2D eigenvalue weighted by Crippen LogP contribution is -2.00. The van der Waals surface area contributed by atoms with Gasteiger partial charge >= 0.3 is 0 Å². The van der Waals surface area contributed by atoms with Gasteiger partial charge in [-0.1, -0.05) is 57.1 Å². The first kappa shape index (κ1) is 22.5. The van der Waals surface area contributed by atoms with Crippen LogP contribution in [0.3, 0.4) is 0 Å². The van der Waals surface area contributed by atoms with Crippen molar-refractivity contribution < 1.29 is 9.84 Å². The van der Waals surface area contributed by atoms with E-state index in [4.69, 9.17) is 9.84 Å². The number of aliphatic hydroxyl groups excluding tert-OH is 1. The van der Waals surface area contributed by atoms with Crippen molar-refractivity contribution in [2.45, 2.75) is 69.1 Å². The fraction of sp³-hybridized carbons (Fsp3) is 0.727. The summed E-state index contributed by atoms with van der Waals surface area (Å²) in [4.78, 5) is 1.51. The van der Waals surface area contributed by atoms with Crippen LogP contribution in [-0.4, -0.2) is 43.7 Å². The van der Waals surface area contributed by atoms with Crippen LogP contribution in [0.15, 0.2) is 29.2 Å². The van der Waals surface area contributed by atoms with Crippen molar-refractivity contribution in [2.24, 2.45) is 0 Å². The van der Waals surface area contributed by atoms with Crippen molar-refractivity contribution >= 4 is 10.0 Å². The van der Waals surface area contributed by atoms with Gasteiger partial charge in [0.25, 0.3) is 0 Å². The minimum atomic E-state index is -0.585. The number of unbranched alkanes of at least 4 members (excludes halogenated alkanes) is 8. The third kappa shape index (κ3) is 11.7. The molecular formula is C22H40O2S. The molecule has 1 aromatic rings. The predicted octanol–water partition coefficient (Wildman–Crippen LogP) is 5.80. The first-order valence-electron chi connectivity index (χ1n) is 10.00. The smallest absolute Gasteiger partial charge is 0.0697 e. The minimum absolute atomic E-state index is 0.142. The molecule has 25 heavy (non-hydrogen) atoms. The van der Waals surface area contributed by atoms with E-state index >= 15 is 0 Å². The summed E-state index contributed by atoms with van der Waals surface area (Å²) in [6, 6.07) is 9.33. The highest BCUT2D eigenvalue weighted by atomic mass is 32.3. The Bertz CT molecular complexity index is 423. The van der Waals surface area contributed by atoms with E-state index < -0.39 is 10.0 Å². The highest BCUT2D eigenvalue weighted by Crippen LogP contribution is 2.44. The van der Waals surface area contributed by atoms with Gasteiger partial charge < -0.3 is 9.84 Å². The summed E-state index contributed by atoms with van der Waals surface area (Å²) in [6.45, 7) is 1.43. The van der Waals surface area contributed by atoms with E-state index in [0.717, 1.165) is 13.0 Å². The second-order valence-electron chi connectivity index (χ2n) is 7.75. The minimum Gasteiger partial charge on any atom is -0.394 e. The van der Waals surface area contributed by atoms with E-state index in [9.17, 15) is 0 Å². The van der Waals surface area contributed by atoms with Crippen LogP contribution in [-0.2, 0) is 11.2 Å². The van der Waals surface area contributed by atoms with Crippen molar-refractivity contribution in [2.75, 3.05) is 38.6 Å². The number of hydrogen-bond donors (Lipinski definition) is 1. The number of ether oxygens (including phenoxy) is 1. The van der Waals surface area contributed by atoms with Crippen molar-refractivity contribution in [1.82, 2.24) is 0 Å². The standard InChI is InChI=1S/C22H40O2S/c1-25(2,3)22-16-14-21(15-17-22)13-11-9-7-5-4-6-8-10-12-19-24-20-18-23/h14-17,23H,4-13,18-20H2,1-3H3. The lowest BCUT2D eigenvalue weighted by Gasteiger charge is -2.25. The molecule has 1 rings (SSSR count). The molecule has 0 saturated heterocycles. The van der Waals surface area contributed by atoms with Gasteiger partial charge in [0.2, 0.25) is 0 Å². The highest BCUT2D eigenvalue weighted by Gasteiger charge is 2.06. The number of benzene rings is 1. The first-order chi connectivity index (χ1) is 12.0. The van der Waals surface area contributed by atoms with Crippen molar-refractivity contribution in [3.05, 3.63) is 29.8 Å². The third-order valence-electron chi connectivity index (χ3n) is 4.62. The van der Waals surface area contributed by atoms with Gasteiger partial charge in [0, 0.05) is 6.61 Å². The van der Waals surface area contributed by atoms with Gasteiger partial charge in [-0.3, -0.25) is 0 Å². The molecule has 0 spiro atoms. The zero-order valence-electron chi connectivity index (χ0n) is 16.8. The summed E-state index contributed by atoms with van der Waals surface area (Å²) in [5.74, 6) is 0. The van der Waals surface area contributed by atoms with E-state index in [0.29, 0.717) is 6.61 Å². The molecule has 2 nitrogen and oxygen atoms in total. The molecule has 0 aliphatic carbocycles. The molecule has 0 amide bonds. The lowest BCUT2D eigenvalue weighted by atomic mass is 10.0. The van der Waals surface area contributed by atoms with E-state index in [1.165, 1.54) is 68.2 Å². The second-order valence-corrected chi connectivity index (χ2v) is 11.9. The Labute approximate surface area is 157 Å². The maximum atomic E-state index is 8.61. The van der Waals surface area contributed by atoms with E-state index in [-0.39, 0.29) is 6.61 Å². The van der Waals surface area contributed by atoms with E-state index in [1.807, 2.05) is 0 Å². The van der Waals surface area contributed by atoms with Gasteiger partial charge in [-0.15, -0.1) is 0 Å². The monoisotopic (exact) mass is 368 g/mol. The molecule has 0 radical (unpaired) electrons. The molecule has 0 unspecified atom stereocenters. The van der Waals surface area contributed by atoms with Crippen LogP contribution >= 0.6 is 10.0 Å². The van der Waals surface area contributed by atoms with Crippen LogP contribution in [0.4, 0.5) is 0 Å². The summed E-state index contributed by atoms with van der Waals surface area (Å²) >= 11 is 0. The summed E-state index contributed by atoms with van der Waals surface area (Å²) in [6.07, 6.45) is 20.2. The quantitative estimate of drug-likeness (QED) is 0.396. The normalized spacial score (nSPS) is 12.5. The Hall–Kier alpha value is -0.510. The van der Waals surface area contributed by atoms with Gasteiger partial charge in [-0.25, -0.2) is 10.0 Å². The first-order valence-corrected chi connectivity index (χ1v) is 12.9. The zero-order valence-corrected chi connectivity index (χ0v) is 17.6. The van der Waals surface area contributed by atoms with E-state index in [2.05, 4.69) is 43.0 Å². The molecule has 0 aromatic heterocycles. The van der Waals surface area contributed by atoms with Crippen LogP contribution in [0.5, 0.6) is 0 Å². The maximum Gasteiger partial charge on any atom is 0.0697 e. The van der Waals surface area contributed by atoms with Crippen LogP contribution in [0.2, 0.25) is 0 Å². The zero-order chi connectivity index (χ0) is 18.4. The molecule has 0 atom stereocenters. The third-order valence-corrected chi connectivity index (χ3v) is 6.31. The molecule has 0 aliphatic rings. The predicted molar refractivity (Wildman–Crippen MR) is 113 cm³/mol. The Kier molecular flexibility index (Phi) is 12.3. The maximum absolute atomic E-state index is 8.61. The molecule has 3 heteroatoms. The van der Waals surface area contributed by atoms with Crippen LogP contribution in [0, 0.1) is 0 Å². The van der Waals surface area contributed by atoms with Gasteiger partial charge in [0.05, 0.1) is 13.2 Å². The van der Waals surface area contributed by atoms with Crippen LogP contribution < -0.4 is 0 Å². The lowest BCUT2D eigenvalue weighted by molar-refractivity contribution is 0.0895. The topological polar surface area (TPSA) is 29.5 Å². The molecule has 0 fully saturated rings. The van der Waals surface area contributed by atoms with Crippen molar-refractivity contribution in [3.8, 4) is 0 Å². The molecule has 1 aromatic carbocycles. The number of aliphatic hydroxyl groups is 1. The number of aryl methyl sites for hydroxylation is 1. The van der Waals surface area contributed by atoms with Crippen molar-refractivity contribution in [3.63, 3.8) is 0 Å². The van der Waals surface area contributed by atoms with Crippen LogP contribution in [0.25, 0.3) is 0 Å². The molecule has 0 bridgehead atoms. The highest BCUT2D eigenvalue weighted by molar-refractivity contribution is 8.32. The fourth-order valence-corrected chi connectivity index (χ4v) is 3.95. The molecular weight excluding hydrogens is 328 g/mol. The molecule has 0 aliphatic heterocycles. The van der Waals surface area contributed by atoms with Crippen LogP contribution in [0.1, 0.15) is 63.4 Å². The second kappa shape index (κ2) is 13.7. The number of hydrogen-bond acceptors (Lipinski definition) is 2. The fourth-order valence-electron chi connectivity index (χ4n) is 3.00. The Morgan fingerprint density at radius 1 is 0.720 bits per heavy atom. The van der Waals surface area contributed by atoms with Crippen molar-refractivity contribution in [1.29, 1.82) is 0 Å². The largest absolute Gasteiger partial charge is 0.394 e. The summed E-state index contributed by atoms with van der Waals surface area (Å²) < 4.78 is 5.27. The number of rotatable bonds is 15. The molecule has 0 saturated carbocycles. The Morgan fingerprint density at radius 2 is 1.24 bits per heavy atom. The molecule has 146 valence electrons. The molecule has 0 heterocycles. The SMILES string of the molecule is CS(C)(C)c1ccc(CCCCCCCCCCCOCCO)cc1. The molecule has 1 N–H and O–H groups in total. The Balaban J connectivity index is 1.92. The average Bonchev–Trinajstić information content (AvgIpc) is 2.58. The summed E-state index contributed by atoms with van der Waals surface area (Å²) in [5.41, 5.74) is 1.50. The van der Waals surface area contributed by atoms with Gasteiger partial charge in [0.1, 0.15) is 0 Å².